The van der Waals surface area contributed by atoms with Crippen molar-refractivity contribution < 1.29 is 0 Å². The van der Waals surface area contributed by atoms with Gasteiger partial charge in [-0.1, -0.05) is 182 Å². The van der Waals surface area contributed by atoms with Gasteiger partial charge in [-0.25, -0.2) is 4.98 Å². The Morgan fingerprint density at radius 3 is 1.45 bits per heavy atom. The summed E-state index contributed by atoms with van der Waals surface area (Å²) in [5.74, 6) is 0.884. The van der Waals surface area contributed by atoms with Crippen LogP contribution >= 0.6 is 0 Å². The molecule has 0 fully saturated rings. The van der Waals surface area contributed by atoms with Gasteiger partial charge in [0.1, 0.15) is 0 Å². The van der Waals surface area contributed by atoms with Crippen LogP contribution in [0, 0.1) is 0 Å². The molecule has 0 N–H and O–H groups in total. The zero-order chi connectivity index (χ0) is 44.1. The van der Waals surface area contributed by atoms with Crippen molar-refractivity contribution in [3.05, 3.63) is 249 Å². The second-order valence-corrected chi connectivity index (χ2v) is 21.3. The topological polar surface area (TPSA) is 32.1 Å². The van der Waals surface area contributed by atoms with Crippen LogP contribution in [0.3, 0.4) is 0 Å². The average Bonchev–Trinajstić information content (AvgIpc) is 4.13. The van der Waals surface area contributed by atoms with Crippen molar-refractivity contribution in [3.8, 4) is 17.1 Å². The molecule has 0 aliphatic carbocycles. The lowest BCUT2D eigenvalue weighted by molar-refractivity contribution is 1.09. The molecule has 0 aliphatic rings. The van der Waals surface area contributed by atoms with E-state index < -0.39 is 8.07 Å². The standard InChI is InChI=1S/C61H41N5Si/c1-4-21-44(22-5-1)67(45-23-6-2-7-24-45,46-25-8-3-9-26-46)47-27-18-20-42(40-47)64-59-41-43(63-53-32-13-10-28-48(53)49-29-11-14-33-54(49)63)38-39-50(59)51-30-19-37-58(60(51)64)66-57-36-17-16-35-56(57)65-55-34-15-12-31-52(55)62-61(65)66/h1-41H. The summed E-state index contributed by atoms with van der Waals surface area (Å²) in [6.07, 6.45) is 0. The number of nitrogens with zero attached hydrogens (tertiary/aromatic N) is 5. The molecular formula is C61H41N5Si. The van der Waals surface area contributed by atoms with Gasteiger partial charge in [0.15, 0.2) is 8.07 Å². The van der Waals surface area contributed by atoms with Gasteiger partial charge in [-0.15, -0.1) is 0 Å². The number of hydrogen-bond acceptors (Lipinski definition) is 1. The lowest BCUT2D eigenvalue weighted by Crippen LogP contribution is -2.74. The van der Waals surface area contributed by atoms with Crippen LogP contribution < -0.4 is 20.7 Å². The maximum Gasteiger partial charge on any atom is 0.220 e. The summed E-state index contributed by atoms with van der Waals surface area (Å²) in [7, 11) is -2.89. The van der Waals surface area contributed by atoms with Crippen molar-refractivity contribution in [2.24, 2.45) is 0 Å². The molecule has 0 atom stereocenters. The van der Waals surface area contributed by atoms with Gasteiger partial charge < -0.3 is 9.13 Å². The highest BCUT2D eigenvalue weighted by Crippen LogP contribution is 2.40. The van der Waals surface area contributed by atoms with Crippen molar-refractivity contribution in [2.45, 2.75) is 0 Å². The summed E-state index contributed by atoms with van der Waals surface area (Å²) in [5, 5.41) is 10.2. The lowest BCUT2D eigenvalue weighted by atomic mass is 10.1. The van der Waals surface area contributed by atoms with Crippen LogP contribution in [0.25, 0.3) is 88.5 Å². The first-order valence-electron chi connectivity index (χ1n) is 23.0. The quantitative estimate of drug-likeness (QED) is 0.116. The second kappa shape index (κ2) is 14.7. The minimum Gasteiger partial charge on any atom is -0.309 e. The Kier molecular flexibility index (Phi) is 8.23. The van der Waals surface area contributed by atoms with Crippen LogP contribution in [0.1, 0.15) is 0 Å². The molecule has 0 aliphatic heterocycles. The van der Waals surface area contributed by atoms with Gasteiger partial charge >= 0.3 is 0 Å². The van der Waals surface area contributed by atoms with Gasteiger partial charge in [0.2, 0.25) is 5.78 Å². The molecule has 14 aromatic rings. The first-order chi connectivity index (χ1) is 33.3. The highest BCUT2D eigenvalue weighted by atomic mass is 28.3. The van der Waals surface area contributed by atoms with E-state index in [0.29, 0.717) is 0 Å². The maximum absolute atomic E-state index is 5.36. The molecule has 10 aromatic carbocycles. The summed E-state index contributed by atoms with van der Waals surface area (Å²) < 4.78 is 9.66. The number of para-hydroxylation sites is 7. The SMILES string of the molecule is c1ccc([Si](c2ccccc2)(c2ccccc2)c2cccc(-n3c4cc(-n5c6ccccc6c6ccccc65)ccc4c4cccc(-n5c6ccccc6n6c7ccccc7nc56)c43)c2)cc1. The number of rotatable bonds is 7. The Morgan fingerprint density at radius 1 is 0.299 bits per heavy atom. The van der Waals surface area contributed by atoms with Gasteiger partial charge in [-0.2, -0.15) is 0 Å². The summed E-state index contributed by atoms with van der Waals surface area (Å²) in [6, 6.07) is 91.6. The molecule has 4 aromatic heterocycles. The van der Waals surface area contributed by atoms with E-state index in [1.165, 1.54) is 53.3 Å². The van der Waals surface area contributed by atoms with E-state index in [2.05, 4.69) is 267 Å². The second-order valence-electron chi connectivity index (χ2n) is 17.5. The van der Waals surface area contributed by atoms with Gasteiger partial charge in [0.05, 0.1) is 49.8 Å². The van der Waals surface area contributed by atoms with E-state index in [1.807, 2.05) is 0 Å². The molecule has 6 heteroatoms. The third-order valence-corrected chi connectivity index (χ3v) is 18.9. The van der Waals surface area contributed by atoms with Gasteiger partial charge in [-0.3, -0.25) is 8.97 Å². The molecule has 0 bridgehead atoms. The van der Waals surface area contributed by atoms with E-state index in [4.69, 9.17) is 4.98 Å². The maximum atomic E-state index is 5.36. The monoisotopic (exact) mass is 871 g/mol. The van der Waals surface area contributed by atoms with Crippen LogP contribution in [-0.2, 0) is 0 Å². The van der Waals surface area contributed by atoms with Crippen LogP contribution in [0.5, 0.6) is 0 Å². The van der Waals surface area contributed by atoms with Crippen LogP contribution in [0.15, 0.2) is 249 Å². The van der Waals surface area contributed by atoms with Crippen LogP contribution in [-0.4, -0.2) is 31.2 Å². The zero-order valence-electron chi connectivity index (χ0n) is 36.4. The molecule has 5 nitrogen and oxygen atoms in total. The van der Waals surface area contributed by atoms with Crippen molar-refractivity contribution in [3.63, 3.8) is 0 Å². The molecule has 4 heterocycles. The number of benzene rings is 10. The molecule has 0 amide bonds. The fraction of sp³-hybridized carbons (Fsp3) is 0. The predicted molar refractivity (Wildman–Crippen MR) is 282 cm³/mol. The van der Waals surface area contributed by atoms with Crippen LogP contribution in [0.2, 0.25) is 0 Å². The molecule has 314 valence electrons. The Hall–Kier alpha value is -8.71. The molecule has 0 saturated heterocycles. The summed E-state index contributed by atoms with van der Waals surface area (Å²) in [5.41, 5.74) is 12.2. The number of fused-ring (bicyclic) bond motifs is 11. The Bertz CT molecular complexity index is 4070. The Labute approximate surface area is 387 Å². The third-order valence-electron chi connectivity index (χ3n) is 14.1. The smallest absolute Gasteiger partial charge is 0.220 e. The Balaban J connectivity index is 1.13. The molecule has 0 saturated carbocycles. The Morgan fingerprint density at radius 2 is 0.791 bits per heavy atom. The minimum atomic E-state index is -2.89. The van der Waals surface area contributed by atoms with Crippen molar-refractivity contribution >= 4 is 100 Å². The molecule has 0 spiro atoms. The lowest BCUT2D eigenvalue weighted by Gasteiger charge is -2.34. The normalized spacial score (nSPS) is 12.2. The average molecular weight is 872 g/mol. The molecule has 67 heavy (non-hydrogen) atoms. The van der Waals surface area contributed by atoms with Crippen molar-refractivity contribution in [1.82, 2.24) is 23.1 Å². The van der Waals surface area contributed by atoms with E-state index in [-0.39, 0.29) is 0 Å². The van der Waals surface area contributed by atoms with E-state index >= 15 is 0 Å². The zero-order valence-corrected chi connectivity index (χ0v) is 37.4. The molecule has 0 radical (unpaired) electrons. The molecule has 14 rings (SSSR count). The van der Waals surface area contributed by atoms with Crippen LogP contribution in [0.4, 0.5) is 0 Å². The first-order valence-corrected chi connectivity index (χ1v) is 25.0. The summed E-state index contributed by atoms with van der Waals surface area (Å²) in [6.45, 7) is 0. The fourth-order valence-electron chi connectivity index (χ4n) is 11.4. The van der Waals surface area contributed by atoms with Gasteiger partial charge in [0, 0.05) is 32.9 Å². The van der Waals surface area contributed by atoms with Crippen molar-refractivity contribution in [1.29, 1.82) is 0 Å². The summed E-state index contributed by atoms with van der Waals surface area (Å²) in [4.78, 5) is 5.36. The van der Waals surface area contributed by atoms with E-state index in [1.54, 1.807) is 0 Å². The molecule has 0 unspecified atom stereocenters. The number of aromatic nitrogens is 5. The number of imidazole rings is 2. The fourth-order valence-corrected chi connectivity index (χ4v) is 16.1. The largest absolute Gasteiger partial charge is 0.309 e. The minimum absolute atomic E-state index is 0.884. The van der Waals surface area contributed by atoms with E-state index in [9.17, 15) is 0 Å². The third kappa shape index (κ3) is 5.39. The van der Waals surface area contributed by atoms with Gasteiger partial charge in [0.25, 0.3) is 0 Å². The highest BCUT2D eigenvalue weighted by molar-refractivity contribution is 7.19. The van der Waals surface area contributed by atoms with E-state index in [0.717, 1.165) is 55.9 Å². The van der Waals surface area contributed by atoms with Crippen molar-refractivity contribution in [2.75, 3.05) is 0 Å². The predicted octanol–water partition coefficient (Wildman–Crippen LogP) is 12.0. The summed E-state index contributed by atoms with van der Waals surface area (Å²) >= 11 is 0. The van der Waals surface area contributed by atoms with Gasteiger partial charge in [-0.05, 0) is 87.5 Å². The molecular weight excluding hydrogens is 831 g/mol. The number of hydrogen-bond donors (Lipinski definition) is 0. The first kappa shape index (κ1) is 37.6. The highest BCUT2D eigenvalue weighted by Gasteiger charge is 2.41.